The van der Waals surface area contributed by atoms with Crippen molar-refractivity contribution in [2.24, 2.45) is 11.5 Å². The molecule has 1 unspecified atom stereocenters. The van der Waals surface area contributed by atoms with E-state index in [4.69, 9.17) is 51.1 Å². The van der Waals surface area contributed by atoms with E-state index < -0.39 is 23.9 Å². The van der Waals surface area contributed by atoms with Crippen molar-refractivity contribution >= 4 is 23.9 Å². The second kappa shape index (κ2) is 42.9. The Morgan fingerprint density at radius 1 is 0.750 bits per heavy atom. The van der Waals surface area contributed by atoms with Gasteiger partial charge in [-0.25, -0.2) is 0 Å². The smallest absolute Gasteiger partial charge is 0.300 e. The van der Waals surface area contributed by atoms with E-state index in [-0.39, 0.29) is 37.8 Å². The van der Waals surface area contributed by atoms with Crippen LogP contribution in [0.4, 0.5) is 0 Å². The molecule has 24 heavy (non-hydrogen) atoms. The van der Waals surface area contributed by atoms with E-state index in [0.29, 0.717) is 6.54 Å². The summed E-state index contributed by atoms with van der Waals surface area (Å²) in [7, 11) is 0. The normalized spacial score (nSPS) is 7.29. The summed E-state index contributed by atoms with van der Waals surface area (Å²) in [5, 5.41) is 29.7. The summed E-state index contributed by atoms with van der Waals surface area (Å²) in [5.74, 6) is -3.33. The third kappa shape index (κ3) is 64600. The predicted molar refractivity (Wildman–Crippen MR) is 86.0 cm³/mol. The summed E-state index contributed by atoms with van der Waals surface area (Å²) in [4.78, 5) is 36.0. The minimum atomic E-state index is -0.833. The maximum absolute atomic E-state index is 9.00. The molecule has 0 aromatic heterocycles. The maximum Gasteiger partial charge on any atom is 0.300 e. The first-order chi connectivity index (χ1) is 9.20. The molecule has 0 fully saturated rings. The Balaban J connectivity index is -0.0000000216. The van der Waals surface area contributed by atoms with E-state index in [1.165, 1.54) is 0 Å². The number of carboxylic acid groups (broad SMARTS) is 4. The van der Waals surface area contributed by atoms with Gasteiger partial charge in [-0.15, -0.1) is 0 Å². The van der Waals surface area contributed by atoms with Crippen LogP contribution in [-0.2, 0) is 38.7 Å². The fourth-order valence-electron chi connectivity index (χ4n) is 0. The van der Waals surface area contributed by atoms with Crippen LogP contribution in [0, 0.1) is 0 Å². The first kappa shape index (κ1) is 49.5. The van der Waals surface area contributed by atoms with E-state index in [0.717, 1.165) is 27.7 Å². The van der Waals surface area contributed by atoms with Crippen LogP contribution >= 0.6 is 0 Å². The molecule has 0 aliphatic carbocycles. The third-order valence-electron chi connectivity index (χ3n) is 0.372. The van der Waals surface area contributed by atoms with Gasteiger partial charge in [0.25, 0.3) is 23.9 Å². The van der Waals surface area contributed by atoms with Gasteiger partial charge in [0.1, 0.15) is 0 Å². The number of rotatable bonds is 1. The largest absolute Gasteiger partial charge is 0.481 e. The molecule has 14 N–H and O–H groups in total. The summed E-state index contributed by atoms with van der Waals surface area (Å²) < 4.78 is 0. The molecule has 0 aliphatic heterocycles. The molecular weight excluding hydrogens is 382 g/mol. The molecule has 146 valence electrons. The van der Waals surface area contributed by atoms with Crippen LogP contribution in [0.25, 0.3) is 0 Å². The van der Waals surface area contributed by atoms with E-state index >= 15 is 0 Å². The summed E-state index contributed by atoms with van der Waals surface area (Å²) >= 11 is 0. The molecular formula is C11H32N4O8Zn. The Hall–Kier alpha value is -1.66. The van der Waals surface area contributed by atoms with Crippen LogP contribution in [0.1, 0.15) is 34.6 Å². The van der Waals surface area contributed by atoms with Gasteiger partial charge < -0.3 is 44.2 Å². The Morgan fingerprint density at radius 3 is 0.792 bits per heavy atom. The van der Waals surface area contributed by atoms with E-state index in [9.17, 15) is 0 Å². The van der Waals surface area contributed by atoms with Gasteiger partial charge in [-0.05, 0) is 6.92 Å². The SMILES string of the molecule is CC(=O)O.CC(=O)O.CC(=O)O.CC(=O)O.CC(N)CN.N.N.[Zn]. The van der Waals surface area contributed by atoms with Gasteiger partial charge in [0.05, 0.1) is 0 Å². The van der Waals surface area contributed by atoms with Crippen LogP contribution in [0.3, 0.4) is 0 Å². The number of nitrogens with two attached hydrogens (primary N) is 2. The predicted octanol–water partition coefficient (Wildman–Crippen LogP) is -0.0226. The zero-order chi connectivity index (χ0) is 18.6. The second-order valence-electron chi connectivity index (χ2n) is 3.29. The average Bonchev–Trinajstić information content (AvgIpc) is 2.13. The van der Waals surface area contributed by atoms with Crippen LogP contribution in [0.5, 0.6) is 0 Å². The minimum absolute atomic E-state index is 0. The fourth-order valence-corrected chi connectivity index (χ4v) is 0. The maximum atomic E-state index is 9.00. The first-order valence-electron chi connectivity index (χ1n) is 5.44. The standard InChI is InChI=1S/C3H10N2.4C2H4O2.2H3N.Zn/c1-3(5)2-4;4*1-2(3)4;;;/h3H,2,4-5H2,1H3;4*1H3,(H,3,4);2*1H3;. The molecule has 0 saturated heterocycles. The Bertz CT molecular complexity index is 227. The zero-order valence-electron chi connectivity index (χ0n) is 15.0. The molecule has 0 saturated carbocycles. The summed E-state index contributed by atoms with van der Waals surface area (Å²) in [6.45, 7) is 6.79. The number of aliphatic carboxylic acids is 4. The number of carboxylic acids is 4. The molecule has 0 amide bonds. The van der Waals surface area contributed by atoms with Crippen LogP contribution in [-0.4, -0.2) is 56.9 Å². The van der Waals surface area contributed by atoms with Crippen molar-refractivity contribution in [1.29, 1.82) is 0 Å². The van der Waals surface area contributed by atoms with Crippen molar-refractivity contribution in [3.8, 4) is 0 Å². The molecule has 12 nitrogen and oxygen atoms in total. The van der Waals surface area contributed by atoms with Gasteiger partial charge in [0, 0.05) is 59.8 Å². The minimum Gasteiger partial charge on any atom is -0.481 e. The molecule has 0 bridgehead atoms. The third-order valence-corrected chi connectivity index (χ3v) is 0.372. The molecule has 0 aliphatic rings. The molecule has 13 heteroatoms. The molecule has 0 heterocycles. The quantitative estimate of drug-likeness (QED) is 0.263. The molecule has 0 aromatic carbocycles. The molecule has 0 spiro atoms. The van der Waals surface area contributed by atoms with Gasteiger partial charge in [-0.2, -0.15) is 0 Å². The average molecular weight is 414 g/mol. The summed E-state index contributed by atoms with van der Waals surface area (Å²) in [6.07, 6.45) is 0. The van der Waals surface area contributed by atoms with Crippen molar-refractivity contribution in [1.82, 2.24) is 12.3 Å². The van der Waals surface area contributed by atoms with Gasteiger partial charge >= 0.3 is 0 Å². The Labute approximate surface area is 154 Å². The van der Waals surface area contributed by atoms with Gasteiger partial charge in [0.15, 0.2) is 0 Å². The van der Waals surface area contributed by atoms with Crippen molar-refractivity contribution in [3.05, 3.63) is 0 Å². The van der Waals surface area contributed by atoms with Crippen molar-refractivity contribution < 1.29 is 59.1 Å². The van der Waals surface area contributed by atoms with Gasteiger partial charge in [0.2, 0.25) is 0 Å². The Morgan fingerprint density at radius 2 is 0.792 bits per heavy atom. The fraction of sp³-hybridized carbons (Fsp3) is 0.636. The Kier molecular flexibility index (Phi) is 88.5. The summed E-state index contributed by atoms with van der Waals surface area (Å²) in [5.41, 5.74) is 10.2. The molecule has 0 radical (unpaired) electrons. The van der Waals surface area contributed by atoms with Gasteiger partial charge in [-0.3, -0.25) is 19.2 Å². The second-order valence-corrected chi connectivity index (χ2v) is 3.29. The molecule has 0 rings (SSSR count). The van der Waals surface area contributed by atoms with Crippen molar-refractivity contribution in [3.63, 3.8) is 0 Å². The topological polar surface area (TPSA) is 271 Å². The first-order valence-corrected chi connectivity index (χ1v) is 5.44. The van der Waals surface area contributed by atoms with E-state index in [1.807, 2.05) is 6.92 Å². The van der Waals surface area contributed by atoms with Gasteiger partial charge in [-0.1, -0.05) is 0 Å². The zero-order valence-corrected chi connectivity index (χ0v) is 17.9. The monoisotopic (exact) mass is 412 g/mol. The number of hydrogen-bond donors (Lipinski definition) is 8. The van der Waals surface area contributed by atoms with E-state index in [2.05, 4.69) is 0 Å². The van der Waals surface area contributed by atoms with E-state index in [1.54, 1.807) is 0 Å². The van der Waals surface area contributed by atoms with Crippen LogP contribution in [0.2, 0.25) is 0 Å². The van der Waals surface area contributed by atoms with Crippen molar-refractivity contribution in [2.75, 3.05) is 6.54 Å². The summed E-state index contributed by atoms with van der Waals surface area (Å²) in [6, 6.07) is 0.162. The van der Waals surface area contributed by atoms with Crippen LogP contribution in [0.15, 0.2) is 0 Å². The number of carbonyl (C=O) groups is 4. The van der Waals surface area contributed by atoms with Crippen LogP contribution < -0.4 is 23.8 Å². The van der Waals surface area contributed by atoms with Crippen molar-refractivity contribution in [2.45, 2.75) is 40.7 Å². The molecule has 1 atom stereocenters. The molecule has 0 aromatic rings. The number of hydrogen-bond acceptors (Lipinski definition) is 8.